The number of imidazole rings is 1. The Bertz CT molecular complexity index is 2300. The summed E-state index contributed by atoms with van der Waals surface area (Å²) in [5.74, 6) is -1.91. The van der Waals surface area contributed by atoms with Gasteiger partial charge in [-0.05, 0) is 60.4 Å². The summed E-state index contributed by atoms with van der Waals surface area (Å²) in [7, 11) is 0. The Kier molecular flexibility index (Phi) is 8.23. The van der Waals surface area contributed by atoms with Crippen LogP contribution in [-0.4, -0.2) is 56.6 Å². The summed E-state index contributed by atoms with van der Waals surface area (Å²) < 4.78 is 40.5. The van der Waals surface area contributed by atoms with Crippen molar-refractivity contribution in [3.8, 4) is 22.5 Å². The van der Waals surface area contributed by atoms with Crippen LogP contribution in [-0.2, 0) is 4.79 Å². The molecule has 51 heavy (non-hydrogen) atoms. The van der Waals surface area contributed by atoms with Crippen molar-refractivity contribution in [1.82, 2.24) is 24.8 Å². The van der Waals surface area contributed by atoms with E-state index in [0.29, 0.717) is 57.1 Å². The first-order valence-corrected chi connectivity index (χ1v) is 16.9. The highest BCUT2D eigenvalue weighted by Gasteiger charge is 2.40. The largest absolute Gasteiger partial charge is 0.471 e. The molecule has 6 aromatic rings. The van der Waals surface area contributed by atoms with Crippen molar-refractivity contribution in [1.29, 1.82) is 0 Å². The number of nitrogens with one attached hydrogen (secondary N) is 3. The number of anilines is 2. The topological polar surface area (TPSA) is 108 Å². The molecular formula is C37H28Cl2F3N7O2. The second-order valence-electron chi connectivity index (χ2n) is 12.5. The van der Waals surface area contributed by atoms with Crippen LogP contribution in [0.25, 0.3) is 33.4 Å². The van der Waals surface area contributed by atoms with Gasteiger partial charge in [0.15, 0.2) is 5.82 Å². The molecule has 2 aliphatic heterocycles. The van der Waals surface area contributed by atoms with E-state index in [0.717, 1.165) is 27.8 Å². The number of H-pyrrole nitrogens is 1. The molecule has 2 aliphatic rings. The molecule has 258 valence electrons. The van der Waals surface area contributed by atoms with E-state index >= 15 is 0 Å². The number of carbonyl (C=O) groups excluding carboxylic acids is 2. The number of aromatic amines is 1. The SMILES string of the molecule is O=C(Nc1cccnc1N1CCC(NC(=O)C(F)(F)F)CC1)c1[nH]c2cc(Cl)cc3c2c1-c1c(-c2ccccc2)ncn1C3c1ccc(Cl)cc1. The van der Waals surface area contributed by atoms with E-state index in [1.54, 1.807) is 30.7 Å². The van der Waals surface area contributed by atoms with Gasteiger partial charge in [0, 0.05) is 57.4 Å². The fourth-order valence-electron chi connectivity index (χ4n) is 7.13. The minimum atomic E-state index is -4.94. The monoisotopic (exact) mass is 729 g/mol. The number of rotatable bonds is 6. The summed E-state index contributed by atoms with van der Waals surface area (Å²) in [5.41, 5.74) is 6.25. The van der Waals surface area contributed by atoms with E-state index in [-0.39, 0.29) is 18.9 Å². The molecule has 1 atom stereocenters. The number of pyridine rings is 1. The molecule has 3 N–H and O–H groups in total. The molecule has 3 aromatic carbocycles. The molecule has 0 spiro atoms. The van der Waals surface area contributed by atoms with Crippen LogP contribution in [0.4, 0.5) is 24.7 Å². The van der Waals surface area contributed by atoms with Crippen molar-refractivity contribution in [2.24, 2.45) is 0 Å². The minimum absolute atomic E-state index is 0.280. The van der Waals surface area contributed by atoms with Gasteiger partial charge in [-0.3, -0.25) is 9.59 Å². The first-order chi connectivity index (χ1) is 24.6. The van der Waals surface area contributed by atoms with Gasteiger partial charge in [-0.15, -0.1) is 0 Å². The molecule has 8 rings (SSSR count). The maximum atomic E-state index is 14.4. The third kappa shape index (κ3) is 5.98. The number of hydrogen-bond donors (Lipinski definition) is 3. The number of alkyl halides is 3. The highest BCUT2D eigenvalue weighted by atomic mass is 35.5. The van der Waals surface area contributed by atoms with Gasteiger partial charge >= 0.3 is 12.1 Å². The number of nitrogens with zero attached hydrogens (tertiary/aromatic N) is 4. The third-order valence-electron chi connectivity index (χ3n) is 9.38. The molecule has 0 aliphatic carbocycles. The van der Waals surface area contributed by atoms with Gasteiger partial charge in [-0.2, -0.15) is 13.2 Å². The highest BCUT2D eigenvalue weighted by Crippen LogP contribution is 2.50. The highest BCUT2D eigenvalue weighted by molar-refractivity contribution is 6.32. The normalized spacial score (nSPS) is 15.9. The van der Waals surface area contributed by atoms with Gasteiger partial charge in [-0.25, -0.2) is 9.97 Å². The fourth-order valence-corrected chi connectivity index (χ4v) is 7.48. The maximum absolute atomic E-state index is 14.4. The van der Waals surface area contributed by atoms with Gasteiger partial charge in [0.1, 0.15) is 5.69 Å². The van der Waals surface area contributed by atoms with Crippen LogP contribution in [0.15, 0.2) is 91.4 Å². The van der Waals surface area contributed by atoms with Gasteiger partial charge in [0.25, 0.3) is 5.91 Å². The Balaban J connectivity index is 1.19. The molecule has 14 heteroatoms. The van der Waals surface area contributed by atoms with E-state index in [1.807, 2.05) is 65.6 Å². The maximum Gasteiger partial charge on any atom is 0.471 e. The Hall–Kier alpha value is -5.33. The predicted molar refractivity (Wildman–Crippen MR) is 190 cm³/mol. The second-order valence-corrected chi connectivity index (χ2v) is 13.4. The Morgan fingerprint density at radius 3 is 2.37 bits per heavy atom. The van der Waals surface area contributed by atoms with E-state index in [9.17, 15) is 22.8 Å². The van der Waals surface area contributed by atoms with Crippen molar-refractivity contribution >= 4 is 57.4 Å². The summed E-state index contributed by atoms with van der Waals surface area (Å²) in [6.07, 6.45) is -1.02. The number of hydrogen-bond acceptors (Lipinski definition) is 5. The molecule has 1 unspecified atom stereocenters. The van der Waals surface area contributed by atoms with Gasteiger partial charge in [0.2, 0.25) is 0 Å². The number of carbonyl (C=O) groups is 2. The molecule has 9 nitrogen and oxygen atoms in total. The average molecular weight is 731 g/mol. The number of fused-ring (bicyclic) bond motifs is 2. The summed E-state index contributed by atoms with van der Waals surface area (Å²) in [6, 6.07) is 23.5. The van der Waals surface area contributed by atoms with Gasteiger partial charge < -0.3 is 25.1 Å². The zero-order valence-electron chi connectivity index (χ0n) is 26.6. The molecule has 0 radical (unpaired) electrons. The standard InChI is InChI=1S/C37H28Cl2F3N7O2/c38-22-10-8-21(9-11-22)32-25-17-23(39)18-27-28(25)29(33-30(44-19-49(32)33)20-5-2-1-3-6-20)31(46-27)35(50)47-26-7-4-14-43-34(26)48-15-12-24(13-16-48)45-36(51)37(40,41)42/h1-11,14,17-19,24,32,46H,12-13,15-16H2,(H,45,51)(H,47,50). The smallest absolute Gasteiger partial charge is 0.355 e. The second kappa shape index (κ2) is 12.8. The Morgan fingerprint density at radius 2 is 1.65 bits per heavy atom. The first kappa shape index (κ1) is 32.9. The fraction of sp³-hybridized carbons (Fsp3) is 0.189. The molecule has 0 bridgehead atoms. The van der Waals surface area contributed by atoms with Crippen LogP contribution in [0.5, 0.6) is 0 Å². The quantitative estimate of drug-likeness (QED) is 0.160. The van der Waals surface area contributed by atoms with Crippen LogP contribution < -0.4 is 15.5 Å². The predicted octanol–water partition coefficient (Wildman–Crippen LogP) is 8.25. The van der Waals surface area contributed by atoms with Crippen LogP contribution in [0.2, 0.25) is 10.0 Å². The number of halogens is 5. The lowest BCUT2D eigenvalue weighted by molar-refractivity contribution is -0.174. The van der Waals surface area contributed by atoms with Crippen molar-refractivity contribution in [2.45, 2.75) is 31.1 Å². The van der Waals surface area contributed by atoms with Gasteiger partial charge in [0.05, 0.1) is 29.4 Å². The van der Waals surface area contributed by atoms with Crippen molar-refractivity contribution in [3.63, 3.8) is 0 Å². The van der Waals surface area contributed by atoms with Crippen LogP contribution in [0.3, 0.4) is 0 Å². The molecule has 1 fully saturated rings. The summed E-state index contributed by atoms with van der Waals surface area (Å²) in [5, 5.41) is 7.05. The lowest BCUT2D eigenvalue weighted by Crippen LogP contribution is -2.48. The van der Waals surface area contributed by atoms with E-state index in [4.69, 9.17) is 28.2 Å². The molecule has 3 aromatic heterocycles. The summed E-state index contributed by atoms with van der Waals surface area (Å²) in [4.78, 5) is 40.6. The van der Waals surface area contributed by atoms with Crippen molar-refractivity contribution < 1.29 is 22.8 Å². The van der Waals surface area contributed by atoms with Crippen LogP contribution in [0.1, 0.15) is 40.5 Å². The Morgan fingerprint density at radius 1 is 0.902 bits per heavy atom. The summed E-state index contributed by atoms with van der Waals surface area (Å²) >= 11 is 13.0. The van der Waals surface area contributed by atoms with Crippen LogP contribution >= 0.6 is 23.2 Å². The molecule has 5 heterocycles. The Labute approximate surface area is 299 Å². The molecule has 0 saturated carbocycles. The van der Waals surface area contributed by atoms with E-state index < -0.39 is 24.0 Å². The third-order valence-corrected chi connectivity index (χ3v) is 9.85. The molecule has 2 amide bonds. The first-order valence-electron chi connectivity index (χ1n) is 16.2. The van der Waals surface area contributed by atoms with E-state index in [2.05, 4.69) is 25.2 Å². The number of amides is 2. The average Bonchev–Trinajstić information content (AvgIpc) is 3.72. The minimum Gasteiger partial charge on any atom is -0.355 e. The molecular weight excluding hydrogens is 702 g/mol. The zero-order chi connectivity index (χ0) is 35.4. The molecule has 1 saturated heterocycles. The van der Waals surface area contributed by atoms with Crippen molar-refractivity contribution in [3.05, 3.63) is 118 Å². The number of aromatic nitrogens is 4. The lowest BCUT2D eigenvalue weighted by atomic mass is 9.88. The van der Waals surface area contributed by atoms with E-state index in [1.165, 1.54) is 0 Å². The number of benzene rings is 3. The van der Waals surface area contributed by atoms with Gasteiger partial charge in [-0.1, -0.05) is 65.7 Å². The van der Waals surface area contributed by atoms with Crippen molar-refractivity contribution in [2.75, 3.05) is 23.3 Å². The number of piperidine rings is 1. The zero-order valence-corrected chi connectivity index (χ0v) is 28.2. The van der Waals surface area contributed by atoms with Crippen LogP contribution in [0, 0.1) is 0 Å². The lowest BCUT2D eigenvalue weighted by Gasteiger charge is -2.34. The summed E-state index contributed by atoms with van der Waals surface area (Å²) in [6.45, 7) is 0.655.